The van der Waals surface area contributed by atoms with Gasteiger partial charge in [0.05, 0.1) is 22.9 Å². The topological polar surface area (TPSA) is 28.5 Å². The fourth-order valence-electron chi connectivity index (χ4n) is 3.50. The molecule has 26 heavy (non-hydrogen) atoms. The molecule has 0 N–H and O–H groups in total. The Morgan fingerprint density at radius 3 is 2.50 bits per heavy atom. The van der Waals surface area contributed by atoms with Crippen LogP contribution in [0.3, 0.4) is 0 Å². The van der Waals surface area contributed by atoms with E-state index in [0.717, 1.165) is 58.9 Å². The van der Waals surface area contributed by atoms with Gasteiger partial charge in [-0.2, -0.15) is 0 Å². The molecule has 1 saturated heterocycles. The van der Waals surface area contributed by atoms with Crippen molar-refractivity contribution in [3.8, 4) is 0 Å². The Morgan fingerprint density at radius 2 is 1.73 bits per heavy atom. The first-order valence-electron chi connectivity index (χ1n) is 8.63. The molecule has 3 aromatic rings. The summed E-state index contributed by atoms with van der Waals surface area (Å²) in [6.45, 7) is 4.52. The molecule has 1 fully saturated rings. The van der Waals surface area contributed by atoms with E-state index in [1.54, 1.807) is 6.07 Å². The van der Waals surface area contributed by atoms with Gasteiger partial charge in [0.15, 0.2) is 5.43 Å². The molecule has 6 heteroatoms. The van der Waals surface area contributed by atoms with Crippen molar-refractivity contribution in [2.24, 2.45) is 0 Å². The van der Waals surface area contributed by atoms with Gasteiger partial charge in [0, 0.05) is 48.3 Å². The van der Waals surface area contributed by atoms with Crippen LogP contribution in [0.5, 0.6) is 0 Å². The van der Waals surface area contributed by atoms with Gasteiger partial charge in [0.2, 0.25) is 0 Å². The molecule has 2 heterocycles. The molecular weight excluding hydrogens is 414 g/mol. The maximum Gasteiger partial charge on any atom is 0.189 e. The minimum atomic E-state index is 0.0566. The number of para-hydroxylation sites is 2. The molecule has 1 aliphatic rings. The second-order valence-corrected chi connectivity index (χ2v) is 7.75. The van der Waals surface area contributed by atoms with E-state index in [9.17, 15) is 4.79 Å². The predicted molar refractivity (Wildman–Crippen MR) is 111 cm³/mol. The first kappa shape index (κ1) is 17.6. The molecule has 0 unspecified atom stereocenters. The Labute approximate surface area is 165 Å². The molecule has 0 bridgehead atoms. The normalized spacial score (nSPS) is 15.5. The molecule has 0 aliphatic carbocycles. The summed E-state index contributed by atoms with van der Waals surface area (Å²) in [4.78, 5) is 16.9. The molecular formula is C20H19BrClN3O. The summed E-state index contributed by atoms with van der Waals surface area (Å²) in [7, 11) is 0. The van der Waals surface area contributed by atoms with Gasteiger partial charge < -0.3 is 9.47 Å². The van der Waals surface area contributed by atoms with Crippen LogP contribution in [-0.4, -0.2) is 35.6 Å². The van der Waals surface area contributed by atoms with Crippen LogP contribution in [0.25, 0.3) is 10.9 Å². The Kier molecular flexibility index (Phi) is 5.02. The summed E-state index contributed by atoms with van der Waals surface area (Å²) in [5.74, 6) is 0. The molecule has 2 aromatic carbocycles. The predicted octanol–water partition coefficient (Wildman–Crippen LogP) is 4.20. The Balaban J connectivity index is 1.52. The van der Waals surface area contributed by atoms with Gasteiger partial charge in [-0.3, -0.25) is 9.69 Å². The van der Waals surface area contributed by atoms with E-state index in [-0.39, 0.29) is 5.43 Å². The highest BCUT2D eigenvalue weighted by atomic mass is 79.9. The fraction of sp³-hybridized carbons (Fsp3) is 0.250. The van der Waals surface area contributed by atoms with Crippen molar-refractivity contribution in [2.45, 2.75) is 6.67 Å². The van der Waals surface area contributed by atoms with Crippen LogP contribution in [0.2, 0.25) is 5.02 Å². The van der Waals surface area contributed by atoms with Crippen molar-refractivity contribution < 1.29 is 0 Å². The summed E-state index contributed by atoms with van der Waals surface area (Å²) in [6, 6.07) is 15.4. The quantitative estimate of drug-likeness (QED) is 0.621. The number of hydrogen-bond donors (Lipinski definition) is 0. The van der Waals surface area contributed by atoms with Crippen molar-refractivity contribution in [1.82, 2.24) is 9.47 Å². The van der Waals surface area contributed by atoms with Crippen LogP contribution in [0.4, 0.5) is 5.69 Å². The Morgan fingerprint density at radius 1 is 0.962 bits per heavy atom. The van der Waals surface area contributed by atoms with Gasteiger partial charge in [-0.15, -0.1) is 0 Å². The molecule has 0 radical (unpaired) electrons. The summed E-state index contributed by atoms with van der Waals surface area (Å²) in [5.41, 5.74) is 2.11. The van der Waals surface area contributed by atoms with Gasteiger partial charge >= 0.3 is 0 Å². The van der Waals surface area contributed by atoms with E-state index in [4.69, 9.17) is 11.6 Å². The van der Waals surface area contributed by atoms with E-state index in [1.165, 1.54) is 0 Å². The second kappa shape index (κ2) is 7.43. The third kappa shape index (κ3) is 3.39. The largest absolute Gasteiger partial charge is 0.368 e. The van der Waals surface area contributed by atoms with E-state index in [2.05, 4.69) is 36.4 Å². The monoisotopic (exact) mass is 431 g/mol. The summed E-state index contributed by atoms with van der Waals surface area (Å²) < 4.78 is 3.09. The first-order chi connectivity index (χ1) is 12.6. The van der Waals surface area contributed by atoms with E-state index in [0.29, 0.717) is 0 Å². The SMILES string of the molecule is O=c1ccn(CN2CCN(c3ccccc3Cl)CC2)c2c(Br)cccc12. The average Bonchev–Trinajstić information content (AvgIpc) is 2.65. The lowest BCUT2D eigenvalue weighted by Gasteiger charge is -2.37. The number of aromatic nitrogens is 1. The zero-order valence-electron chi connectivity index (χ0n) is 14.2. The molecule has 0 atom stereocenters. The number of piperazine rings is 1. The lowest BCUT2D eigenvalue weighted by molar-refractivity contribution is 0.209. The van der Waals surface area contributed by atoms with Crippen molar-refractivity contribution in [3.05, 3.63) is 74.4 Å². The molecule has 0 amide bonds. The van der Waals surface area contributed by atoms with Crippen LogP contribution in [0.1, 0.15) is 0 Å². The molecule has 1 aliphatic heterocycles. The highest BCUT2D eigenvalue weighted by molar-refractivity contribution is 9.10. The molecule has 1 aromatic heterocycles. The number of nitrogens with zero attached hydrogens (tertiary/aromatic N) is 3. The molecule has 4 nitrogen and oxygen atoms in total. The average molecular weight is 433 g/mol. The second-order valence-electron chi connectivity index (χ2n) is 6.48. The maximum atomic E-state index is 12.1. The van der Waals surface area contributed by atoms with Crippen molar-refractivity contribution in [2.75, 3.05) is 31.1 Å². The van der Waals surface area contributed by atoms with Gasteiger partial charge in [0.25, 0.3) is 0 Å². The van der Waals surface area contributed by atoms with Gasteiger partial charge in [-0.05, 0) is 40.2 Å². The minimum absolute atomic E-state index is 0.0566. The molecule has 0 saturated carbocycles. The smallest absolute Gasteiger partial charge is 0.189 e. The van der Waals surface area contributed by atoms with Gasteiger partial charge in [0.1, 0.15) is 0 Å². The van der Waals surface area contributed by atoms with Crippen LogP contribution in [-0.2, 0) is 6.67 Å². The van der Waals surface area contributed by atoms with E-state index < -0.39 is 0 Å². The standard InChI is InChI=1S/C20H19BrClN3O/c21-16-5-3-4-15-19(26)8-9-25(20(15)16)14-23-10-12-24(13-11-23)18-7-2-1-6-17(18)22/h1-9H,10-14H2. The van der Waals surface area contributed by atoms with Crippen molar-refractivity contribution in [3.63, 3.8) is 0 Å². The van der Waals surface area contributed by atoms with Crippen LogP contribution in [0, 0.1) is 0 Å². The third-order valence-electron chi connectivity index (χ3n) is 4.86. The highest BCUT2D eigenvalue weighted by Crippen LogP contribution is 2.26. The van der Waals surface area contributed by atoms with E-state index in [1.807, 2.05) is 42.6 Å². The zero-order valence-corrected chi connectivity index (χ0v) is 16.6. The van der Waals surface area contributed by atoms with Crippen molar-refractivity contribution >= 4 is 44.1 Å². The highest BCUT2D eigenvalue weighted by Gasteiger charge is 2.19. The van der Waals surface area contributed by atoms with Gasteiger partial charge in [-0.25, -0.2) is 0 Å². The third-order valence-corrected chi connectivity index (χ3v) is 5.82. The number of fused-ring (bicyclic) bond motifs is 1. The zero-order chi connectivity index (χ0) is 18.1. The van der Waals surface area contributed by atoms with Crippen LogP contribution < -0.4 is 10.3 Å². The number of pyridine rings is 1. The van der Waals surface area contributed by atoms with Gasteiger partial charge in [-0.1, -0.05) is 29.8 Å². The molecule has 134 valence electrons. The summed E-state index contributed by atoms with van der Waals surface area (Å²) >= 11 is 9.92. The number of anilines is 1. The van der Waals surface area contributed by atoms with E-state index >= 15 is 0 Å². The lowest BCUT2D eigenvalue weighted by atomic mass is 10.2. The Bertz CT molecular complexity index is 996. The Hall–Kier alpha value is -1.82. The van der Waals surface area contributed by atoms with Crippen LogP contribution >= 0.6 is 27.5 Å². The fourth-order valence-corrected chi connectivity index (χ4v) is 4.35. The number of benzene rings is 2. The molecule has 4 rings (SSSR count). The number of rotatable bonds is 3. The number of halogens is 2. The van der Waals surface area contributed by atoms with Crippen LogP contribution in [0.15, 0.2) is 64.0 Å². The summed E-state index contributed by atoms with van der Waals surface area (Å²) in [5, 5.41) is 1.55. The summed E-state index contributed by atoms with van der Waals surface area (Å²) in [6.07, 6.45) is 1.88. The number of hydrogen-bond acceptors (Lipinski definition) is 3. The molecule has 0 spiro atoms. The lowest BCUT2D eigenvalue weighted by Crippen LogP contribution is -2.47. The van der Waals surface area contributed by atoms with Crippen molar-refractivity contribution in [1.29, 1.82) is 0 Å². The minimum Gasteiger partial charge on any atom is -0.368 e. The first-order valence-corrected chi connectivity index (χ1v) is 9.80. The maximum absolute atomic E-state index is 12.1.